The standard InChI is InChI=1S/C13H26N2O2/c1-5-11(14)10-6-8-15(9-7-10)12(16)17-13(2,3)4/h10-11H,5-9,14H2,1-4H3. The number of hydrogen-bond donors (Lipinski definition) is 1. The number of amides is 1. The van der Waals surface area contributed by atoms with E-state index in [0.29, 0.717) is 5.92 Å². The zero-order valence-corrected chi connectivity index (χ0v) is 11.5. The summed E-state index contributed by atoms with van der Waals surface area (Å²) in [6, 6.07) is 0.274. The first-order valence-electron chi connectivity index (χ1n) is 6.57. The fraction of sp³-hybridized carbons (Fsp3) is 0.923. The van der Waals surface area contributed by atoms with Gasteiger partial charge in [-0.25, -0.2) is 4.79 Å². The summed E-state index contributed by atoms with van der Waals surface area (Å²) >= 11 is 0. The van der Waals surface area contributed by atoms with Crippen molar-refractivity contribution in [2.75, 3.05) is 13.1 Å². The van der Waals surface area contributed by atoms with Crippen LogP contribution in [0.1, 0.15) is 47.0 Å². The van der Waals surface area contributed by atoms with Crippen LogP contribution in [-0.4, -0.2) is 35.7 Å². The number of carbonyl (C=O) groups excluding carboxylic acids is 1. The average Bonchev–Trinajstić information content (AvgIpc) is 2.26. The fourth-order valence-corrected chi connectivity index (χ4v) is 2.17. The second kappa shape index (κ2) is 5.71. The zero-order valence-electron chi connectivity index (χ0n) is 11.5. The molecule has 1 unspecified atom stereocenters. The third-order valence-electron chi connectivity index (χ3n) is 3.27. The lowest BCUT2D eigenvalue weighted by Gasteiger charge is -2.35. The number of hydrogen-bond acceptors (Lipinski definition) is 3. The molecule has 1 aliphatic heterocycles. The van der Waals surface area contributed by atoms with Gasteiger partial charge < -0.3 is 15.4 Å². The van der Waals surface area contributed by atoms with E-state index in [1.54, 1.807) is 4.90 Å². The molecule has 4 nitrogen and oxygen atoms in total. The van der Waals surface area contributed by atoms with Crippen LogP contribution >= 0.6 is 0 Å². The van der Waals surface area contributed by atoms with E-state index >= 15 is 0 Å². The van der Waals surface area contributed by atoms with Gasteiger partial charge in [0.15, 0.2) is 0 Å². The molecule has 1 rings (SSSR count). The van der Waals surface area contributed by atoms with Crippen molar-refractivity contribution in [3.63, 3.8) is 0 Å². The predicted molar refractivity (Wildman–Crippen MR) is 68.8 cm³/mol. The summed E-state index contributed by atoms with van der Waals surface area (Å²) in [6.07, 6.45) is 2.81. The van der Waals surface area contributed by atoms with E-state index in [-0.39, 0.29) is 12.1 Å². The Morgan fingerprint density at radius 1 is 1.41 bits per heavy atom. The van der Waals surface area contributed by atoms with Gasteiger partial charge in [0.25, 0.3) is 0 Å². The van der Waals surface area contributed by atoms with Crippen molar-refractivity contribution in [1.29, 1.82) is 0 Å². The lowest BCUT2D eigenvalue weighted by molar-refractivity contribution is 0.0174. The molecule has 0 aromatic rings. The van der Waals surface area contributed by atoms with Crippen molar-refractivity contribution >= 4 is 6.09 Å². The highest BCUT2D eigenvalue weighted by molar-refractivity contribution is 5.68. The average molecular weight is 242 g/mol. The quantitative estimate of drug-likeness (QED) is 0.808. The summed E-state index contributed by atoms with van der Waals surface area (Å²) in [5.74, 6) is 0.554. The number of likely N-dealkylation sites (tertiary alicyclic amines) is 1. The van der Waals surface area contributed by atoms with Gasteiger partial charge in [-0.3, -0.25) is 0 Å². The van der Waals surface area contributed by atoms with Gasteiger partial charge in [-0.2, -0.15) is 0 Å². The number of nitrogens with zero attached hydrogens (tertiary/aromatic N) is 1. The van der Waals surface area contributed by atoms with Crippen LogP contribution < -0.4 is 5.73 Å². The monoisotopic (exact) mass is 242 g/mol. The maximum atomic E-state index is 11.8. The first kappa shape index (κ1) is 14.3. The summed E-state index contributed by atoms with van der Waals surface area (Å²) in [5, 5.41) is 0. The SMILES string of the molecule is CCC(N)C1CCN(C(=O)OC(C)(C)C)CC1. The molecular weight excluding hydrogens is 216 g/mol. The number of ether oxygens (including phenoxy) is 1. The molecule has 2 N–H and O–H groups in total. The Hall–Kier alpha value is -0.770. The summed E-state index contributed by atoms with van der Waals surface area (Å²) < 4.78 is 5.35. The topological polar surface area (TPSA) is 55.6 Å². The molecule has 1 amide bonds. The smallest absolute Gasteiger partial charge is 0.410 e. The molecule has 0 bridgehead atoms. The van der Waals surface area contributed by atoms with E-state index in [9.17, 15) is 4.79 Å². The maximum Gasteiger partial charge on any atom is 0.410 e. The lowest BCUT2D eigenvalue weighted by Crippen LogP contribution is -2.45. The van der Waals surface area contributed by atoms with Crippen LogP contribution in [0.15, 0.2) is 0 Å². The minimum absolute atomic E-state index is 0.194. The van der Waals surface area contributed by atoms with Crippen molar-refractivity contribution in [2.45, 2.75) is 58.6 Å². The molecule has 1 saturated heterocycles. The molecule has 0 saturated carbocycles. The van der Waals surface area contributed by atoms with E-state index in [2.05, 4.69) is 6.92 Å². The molecule has 100 valence electrons. The molecule has 0 aliphatic carbocycles. The Labute approximate surface area is 104 Å². The van der Waals surface area contributed by atoms with Crippen molar-refractivity contribution in [3.8, 4) is 0 Å². The van der Waals surface area contributed by atoms with Crippen LogP contribution in [-0.2, 0) is 4.74 Å². The Morgan fingerprint density at radius 2 is 1.94 bits per heavy atom. The molecular formula is C13H26N2O2. The zero-order chi connectivity index (χ0) is 13.1. The molecule has 17 heavy (non-hydrogen) atoms. The highest BCUT2D eigenvalue weighted by Gasteiger charge is 2.28. The Kier molecular flexibility index (Phi) is 4.80. The number of carbonyl (C=O) groups is 1. The van der Waals surface area contributed by atoms with Crippen molar-refractivity contribution < 1.29 is 9.53 Å². The summed E-state index contributed by atoms with van der Waals surface area (Å²) in [6.45, 7) is 9.34. The van der Waals surface area contributed by atoms with Crippen LogP contribution in [0.25, 0.3) is 0 Å². The first-order valence-corrected chi connectivity index (χ1v) is 6.57. The number of nitrogens with two attached hydrogens (primary N) is 1. The van der Waals surface area contributed by atoms with Crippen LogP contribution in [0.4, 0.5) is 4.79 Å². The third kappa shape index (κ3) is 4.54. The molecule has 1 atom stereocenters. The minimum Gasteiger partial charge on any atom is -0.444 e. The molecule has 1 heterocycles. The second-order valence-electron chi connectivity index (χ2n) is 5.88. The van der Waals surface area contributed by atoms with Gasteiger partial charge in [0.05, 0.1) is 0 Å². The largest absolute Gasteiger partial charge is 0.444 e. The highest BCUT2D eigenvalue weighted by atomic mass is 16.6. The van der Waals surface area contributed by atoms with Gasteiger partial charge >= 0.3 is 6.09 Å². The maximum absolute atomic E-state index is 11.8. The van der Waals surface area contributed by atoms with E-state index in [1.807, 2.05) is 20.8 Å². The van der Waals surface area contributed by atoms with Gasteiger partial charge in [0.2, 0.25) is 0 Å². The fourth-order valence-electron chi connectivity index (χ4n) is 2.17. The summed E-state index contributed by atoms with van der Waals surface area (Å²) in [7, 11) is 0. The van der Waals surface area contributed by atoms with Crippen LogP contribution in [0.5, 0.6) is 0 Å². The number of piperidine rings is 1. The van der Waals surface area contributed by atoms with E-state index in [0.717, 1.165) is 32.4 Å². The van der Waals surface area contributed by atoms with Crippen LogP contribution in [0.2, 0.25) is 0 Å². The Bertz CT molecular complexity index is 253. The molecule has 0 spiro atoms. The van der Waals surface area contributed by atoms with Gasteiger partial charge in [-0.05, 0) is 46.0 Å². The number of rotatable bonds is 2. The molecule has 0 aromatic carbocycles. The van der Waals surface area contributed by atoms with Gasteiger partial charge in [-0.15, -0.1) is 0 Å². The van der Waals surface area contributed by atoms with E-state index in [1.165, 1.54) is 0 Å². The molecule has 1 fully saturated rings. The second-order valence-corrected chi connectivity index (χ2v) is 5.88. The minimum atomic E-state index is -0.409. The Morgan fingerprint density at radius 3 is 2.35 bits per heavy atom. The summed E-state index contributed by atoms with van der Waals surface area (Å²) in [4.78, 5) is 13.6. The molecule has 0 aromatic heterocycles. The van der Waals surface area contributed by atoms with Gasteiger partial charge in [0, 0.05) is 19.1 Å². The van der Waals surface area contributed by atoms with Gasteiger partial charge in [-0.1, -0.05) is 6.92 Å². The van der Waals surface area contributed by atoms with E-state index in [4.69, 9.17) is 10.5 Å². The predicted octanol–water partition coefficient (Wildman–Crippen LogP) is 2.37. The normalized spacial score (nSPS) is 20.2. The van der Waals surface area contributed by atoms with E-state index < -0.39 is 5.60 Å². The Balaban J connectivity index is 2.39. The van der Waals surface area contributed by atoms with Crippen LogP contribution in [0.3, 0.4) is 0 Å². The first-order chi connectivity index (χ1) is 7.83. The lowest BCUT2D eigenvalue weighted by atomic mass is 9.89. The van der Waals surface area contributed by atoms with Crippen molar-refractivity contribution in [3.05, 3.63) is 0 Å². The van der Waals surface area contributed by atoms with Crippen LogP contribution in [0, 0.1) is 5.92 Å². The van der Waals surface area contributed by atoms with Crippen molar-refractivity contribution in [1.82, 2.24) is 4.90 Å². The molecule has 0 radical (unpaired) electrons. The highest BCUT2D eigenvalue weighted by Crippen LogP contribution is 2.22. The molecule has 4 heteroatoms. The summed E-state index contributed by atoms with van der Waals surface area (Å²) in [5.41, 5.74) is 5.63. The van der Waals surface area contributed by atoms with Crippen molar-refractivity contribution in [2.24, 2.45) is 11.7 Å². The third-order valence-corrected chi connectivity index (χ3v) is 3.27. The van der Waals surface area contributed by atoms with Gasteiger partial charge in [0.1, 0.15) is 5.60 Å². The molecule has 1 aliphatic rings.